The molecule has 35 heavy (non-hydrogen) atoms. The van der Waals surface area contributed by atoms with E-state index in [1.165, 1.54) is 12.0 Å². The van der Waals surface area contributed by atoms with Gasteiger partial charge < -0.3 is 25.0 Å². The van der Waals surface area contributed by atoms with Gasteiger partial charge in [0.15, 0.2) is 0 Å². The van der Waals surface area contributed by atoms with E-state index in [0.29, 0.717) is 12.0 Å². The Morgan fingerprint density at radius 1 is 1.09 bits per heavy atom. The Bertz CT molecular complexity index is 907. The molecule has 3 amide bonds. The number of likely N-dealkylation sites (N-methyl/N-ethyl adjacent to an activating group) is 1. The molecule has 9 nitrogen and oxygen atoms in total. The Morgan fingerprint density at radius 3 is 2.20 bits per heavy atom. The van der Waals surface area contributed by atoms with E-state index in [9.17, 15) is 19.2 Å². The van der Waals surface area contributed by atoms with E-state index < -0.39 is 41.6 Å². The molecule has 196 valence electrons. The highest BCUT2D eigenvalue weighted by Crippen LogP contribution is 2.27. The minimum absolute atomic E-state index is 0.0882. The summed E-state index contributed by atoms with van der Waals surface area (Å²) in [6, 6.07) is 3.70. The van der Waals surface area contributed by atoms with Gasteiger partial charge in [-0.15, -0.1) is 0 Å². The smallest absolute Gasteiger partial charge is 0.408 e. The first-order valence-electron chi connectivity index (χ1n) is 11.9. The number of carbonyl (C=O) groups is 4. The molecule has 0 aliphatic heterocycles. The van der Waals surface area contributed by atoms with Crippen molar-refractivity contribution in [2.24, 2.45) is 5.92 Å². The lowest BCUT2D eigenvalue weighted by Crippen LogP contribution is -2.53. The van der Waals surface area contributed by atoms with Crippen LogP contribution in [0.5, 0.6) is 0 Å². The number of aryl methyl sites for hydroxylation is 2. The summed E-state index contributed by atoms with van der Waals surface area (Å²) in [7, 11) is 1.23. The van der Waals surface area contributed by atoms with Crippen molar-refractivity contribution in [1.29, 1.82) is 0 Å². The predicted octanol–water partition coefficient (Wildman–Crippen LogP) is 3.42. The molecule has 0 heterocycles. The fraction of sp³-hybridized carbons (Fsp3) is 0.615. The van der Waals surface area contributed by atoms with Gasteiger partial charge in [0.25, 0.3) is 0 Å². The fourth-order valence-corrected chi connectivity index (χ4v) is 3.72. The molecule has 2 N–H and O–H groups in total. The molecular weight excluding hydrogens is 450 g/mol. The molecule has 0 aliphatic carbocycles. The minimum atomic E-state index is -1.01. The molecule has 0 aliphatic rings. The van der Waals surface area contributed by atoms with Gasteiger partial charge in [0.2, 0.25) is 11.8 Å². The third kappa shape index (κ3) is 9.58. The number of methoxy groups -OCH3 is 1. The molecule has 0 aromatic heterocycles. The van der Waals surface area contributed by atoms with Gasteiger partial charge in [-0.05, 0) is 65.0 Å². The van der Waals surface area contributed by atoms with E-state index in [0.717, 1.165) is 11.1 Å². The molecule has 0 saturated carbocycles. The number of hydrogen-bond acceptors (Lipinski definition) is 6. The first kappa shape index (κ1) is 29.9. The van der Waals surface area contributed by atoms with Crippen molar-refractivity contribution < 1.29 is 28.7 Å². The standard InChI is InChI=1S/C26H41N3O6/c1-10-29(24(32)20(13-16(2)3)28-25(33)35-26(6,7)8)22(23(31)27-15-21(30)34-9)19-12-11-17(4)14-18(19)5/h11-12,14,16,20,22H,10,13,15H2,1-9H3,(H,27,31)(H,28,33). The molecule has 0 spiro atoms. The monoisotopic (exact) mass is 491 g/mol. The van der Waals surface area contributed by atoms with E-state index in [-0.39, 0.29) is 19.0 Å². The zero-order valence-corrected chi connectivity index (χ0v) is 22.5. The van der Waals surface area contributed by atoms with Crippen molar-refractivity contribution >= 4 is 23.9 Å². The summed E-state index contributed by atoms with van der Waals surface area (Å²) < 4.78 is 9.99. The second kappa shape index (κ2) is 13.1. The third-order valence-corrected chi connectivity index (χ3v) is 5.23. The van der Waals surface area contributed by atoms with Gasteiger partial charge in [-0.25, -0.2) is 4.79 Å². The Kier molecular flexibility index (Phi) is 11.2. The average Bonchev–Trinajstić information content (AvgIpc) is 2.73. The molecule has 9 heteroatoms. The Hall–Kier alpha value is -3.10. The van der Waals surface area contributed by atoms with Crippen LogP contribution in [0.3, 0.4) is 0 Å². The average molecular weight is 492 g/mol. The van der Waals surface area contributed by atoms with Crippen LogP contribution in [-0.2, 0) is 23.9 Å². The lowest BCUT2D eigenvalue weighted by molar-refractivity contribution is -0.144. The number of alkyl carbamates (subject to hydrolysis) is 1. The third-order valence-electron chi connectivity index (χ3n) is 5.23. The Labute approximate surface area is 208 Å². The van der Waals surface area contributed by atoms with Crippen LogP contribution in [-0.4, -0.2) is 60.6 Å². The molecule has 0 fully saturated rings. The minimum Gasteiger partial charge on any atom is -0.468 e. The van der Waals surface area contributed by atoms with E-state index in [2.05, 4.69) is 15.4 Å². The number of esters is 1. The summed E-state index contributed by atoms with van der Waals surface area (Å²) in [4.78, 5) is 52.7. The molecule has 1 aromatic carbocycles. The van der Waals surface area contributed by atoms with Crippen LogP contribution in [0.15, 0.2) is 18.2 Å². The van der Waals surface area contributed by atoms with E-state index in [1.807, 2.05) is 45.9 Å². The normalized spacial score (nSPS) is 13.0. The Morgan fingerprint density at radius 2 is 1.71 bits per heavy atom. The number of rotatable bonds is 10. The molecular formula is C26H41N3O6. The lowest BCUT2D eigenvalue weighted by atomic mass is 9.95. The van der Waals surface area contributed by atoms with Gasteiger partial charge in [-0.2, -0.15) is 0 Å². The summed E-state index contributed by atoms with van der Waals surface area (Å²) in [5.74, 6) is -1.44. The van der Waals surface area contributed by atoms with E-state index in [1.54, 1.807) is 27.7 Å². The van der Waals surface area contributed by atoms with Crippen molar-refractivity contribution in [2.45, 2.75) is 79.5 Å². The molecule has 2 unspecified atom stereocenters. The maximum Gasteiger partial charge on any atom is 0.408 e. The van der Waals surface area contributed by atoms with Crippen molar-refractivity contribution in [3.63, 3.8) is 0 Å². The van der Waals surface area contributed by atoms with Crippen LogP contribution in [0.25, 0.3) is 0 Å². The first-order chi connectivity index (χ1) is 16.2. The van der Waals surface area contributed by atoms with Crippen molar-refractivity contribution in [2.75, 3.05) is 20.2 Å². The highest BCUT2D eigenvalue weighted by atomic mass is 16.6. The number of carbonyl (C=O) groups excluding carboxylic acids is 4. The SMILES string of the molecule is CCN(C(=O)C(CC(C)C)NC(=O)OC(C)(C)C)C(C(=O)NCC(=O)OC)c1ccc(C)cc1C. The second-order valence-corrected chi connectivity index (χ2v) is 10.0. The van der Waals surface area contributed by atoms with Gasteiger partial charge in [-0.1, -0.05) is 37.6 Å². The summed E-state index contributed by atoms with van der Waals surface area (Å²) in [5, 5.41) is 5.27. The quantitative estimate of drug-likeness (QED) is 0.485. The number of amides is 3. The maximum atomic E-state index is 13.8. The van der Waals surface area contributed by atoms with Crippen LogP contribution >= 0.6 is 0 Å². The van der Waals surface area contributed by atoms with Crippen LogP contribution in [0.2, 0.25) is 0 Å². The molecule has 0 radical (unpaired) electrons. The first-order valence-corrected chi connectivity index (χ1v) is 11.9. The van der Waals surface area contributed by atoms with Crippen LogP contribution in [0, 0.1) is 19.8 Å². The van der Waals surface area contributed by atoms with Crippen LogP contribution in [0.4, 0.5) is 4.79 Å². The highest BCUT2D eigenvalue weighted by Gasteiger charge is 2.36. The molecule has 0 bridgehead atoms. The molecule has 0 saturated heterocycles. The van der Waals surface area contributed by atoms with Gasteiger partial charge in [-0.3, -0.25) is 14.4 Å². The van der Waals surface area contributed by atoms with Crippen molar-refractivity contribution in [1.82, 2.24) is 15.5 Å². The topological polar surface area (TPSA) is 114 Å². The van der Waals surface area contributed by atoms with Gasteiger partial charge in [0.05, 0.1) is 7.11 Å². The summed E-state index contributed by atoms with van der Waals surface area (Å²) >= 11 is 0. The van der Waals surface area contributed by atoms with Gasteiger partial charge in [0.1, 0.15) is 24.2 Å². The zero-order valence-electron chi connectivity index (χ0n) is 22.5. The number of ether oxygens (including phenoxy) is 2. The van der Waals surface area contributed by atoms with E-state index in [4.69, 9.17) is 4.74 Å². The molecule has 1 aromatic rings. The lowest BCUT2D eigenvalue weighted by Gasteiger charge is -2.34. The number of nitrogens with one attached hydrogen (secondary N) is 2. The van der Waals surface area contributed by atoms with Crippen molar-refractivity contribution in [3.05, 3.63) is 34.9 Å². The highest BCUT2D eigenvalue weighted by molar-refractivity contribution is 5.93. The zero-order chi connectivity index (χ0) is 26.9. The predicted molar refractivity (Wildman–Crippen MR) is 134 cm³/mol. The molecule has 1 rings (SSSR count). The van der Waals surface area contributed by atoms with Gasteiger partial charge in [0, 0.05) is 6.54 Å². The number of nitrogens with zero attached hydrogens (tertiary/aromatic N) is 1. The Balaban J connectivity index is 3.41. The summed E-state index contributed by atoms with van der Waals surface area (Å²) in [6.45, 7) is 14.6. The second-order valence-electron chi connectivity index (χ2n) is 10.0. The van der Waals surface area contributed by atoms with E-state index >= 15 is 0 Å². The number of benzene rings is 1. The summed E-state index contributed by atoms with van der Waals surface area (Å²) in [6.07, 6.45) is -0.344. The summed E-state index contributed by atoms with van der Waals surface area (Å²) in [5.41, 5.74) is 1.75. The number of hydrogen-bond donors (Lipinski definition) is 2. The van der Waals surface area contributed by atoms with Crippen molar-refractivity contribution in [3.8, 4) is 0 Å². The van der Waals surface area contributed by atoms with Crippen LogP contribution < -0.4 is 10.6 Å². The fourth-order valence-electron chi connectivity index (χ4n) is 3.72. The molecule has 2 atom stereocenters. The largest absolute Gasteiger partial charge is 0.468 e. The van der Waals surface area contributed by atoms with Gasteiger partial charge >= 0.3 is 12.1 Å². The van der Waals surface area contributed by atoms with Crippen LogP contribution in [0.1, 0.15) is 70.7 Å². The maximum absolute atomic E-state index is 13.8.